The summed E-state index contributed by atoms with van der Waals surface area (Å²) < 4.78 is 14.6. The number of benzene rings is 3. The Morgan fingerprint density at radius 3 is 2.50 bits per heavy atom. The van der Waals surface area contributed by atoms with E-state index in [1.165, 1.54) is 17.8 Å². The number of hydrogen-bond donors (Lipinski definition) is 1. The van der Waals surface area contributed by atoms with Crippen molar-refractivity contribution in [3.05, 3.63) is 93.2 Å². The van der Waals surface area contributed by atoms with E-state index in [2.05, 4.69) is 0 Å². The molecule has 1 atom stereocenters. The van der Waals surface area contributed by atoms with Crippen molar-refractivity contribution in [3.63, 3.8) is 0 Å². The van der Waals surface area contributed by atoms with Crippen LogP contribution in [0.1, 0.15) is 33.2 Å². The number of nitrogen functional groups attached to an aromatic ring is 1. The highest BCUT2D eigenvalue weighted by molar-refractivity contribution is 7.99. The van der Waals surface area contributed by atoms with Crippen molar-refractivity contribution in [2.24, 2.45) is 0 Å². The Hall–Kier alpha value is -2.01. The number of rotatable bonds is 6. The van der Waals surface area contributed by atoms with E-state index >= 15 is 0 Å². The standard InChI is InChI=1S/C22H18Cl2FNOS/c1-13-11-14(9-10-15(13)23)19(27)12-21(22-16(24)5-4-6-17(22)25)28-20-8-3-2-7-18(20)26/h2-11,21H,12,26H2,1H3. The topological polar surface area (TPSA) is 43.1 Å². The van der Waals surface area contributed by atoms with E-state index in [0.29, 0.717) is 21.8 Å². The van der Waals surface area contributed by atoms with Crippen molar-refractivity contribution < 1.29 is 9.18 Å². The molecule has 0 saturated carbocycles. The zero-order valence-corrected chi connectivity index (χ0v) is 17.4. The van der Waals surface area contributed by atoms with Crippen LogP contribution in [0.15, 0.2) is 65.6 Å². The van der Waals surface area contributed by atoms with E-state index in [9.17, 15) is 9.18 Å². The largest absolute Gasteiger partial charge is 0.398 e. The van der Waals surface area contributed by atoms with E-state index < -0.39 is 11.1 Å². The highest BCUT2D eigenvalue weighted by Crippen LogP contribution is 2.44. The smallest absolute Gasteiger partial charge is 0.164 e. The Morgan fingerprint density at radius 2 is 1.82 bits per heavy atom. The Bertz CT molecular complexity index is 1000. The summed E-state index contributed by atoms with van der Waals surface area (Å²) in [7, 11) is 0. The molecule has 0 spiro atoms. The summed E-state index contributed by atoms with van der Waals surface area (Å²) >= 11 is 13.7. The molecule has 0 amide bonds. The highest BCUT2D eigenvalue weighted by atomic mass is 35.5. The van der Waals surface area contributed by atoms with Crippen molar-refractivity contribution in [1.29, 1.82) is 0 Å². The fraction of sp³-hybridized carbons (Fsp3) is 0.136. The number of nitrogens with two attached hydrogens (primary N) is 1. The number of anilines is 1. The normalized spacial score (nSPS) is 12.0. The quantitative estimate of drug-likeness (QED) is 0.255. The molecule has 3 aromatic carbocycles. The third-order valence-electron chi connectivity index (χ3n) is 4.36. The molecule has 2 N–H and O–H groups in total. The third kappa shape index (κ3) is 4.69. The summed E-state index contributed by atoms with van der Waals surface area (Å²) in [5, 5.41) is 0.352. The van der Waals surface area contributed by atoms with Gasteiger partial charge in [-0.1, -0.05) is 41.4 Å². The third-order valence-corrected chi connectivity index (χ3v) is 6.43. The second kappa shape index (κ2) is 8.99. The fourth-order valence-corrected chi connectivity index (χ4v) is 4.60. The van der Waals surface area contributed by atoms with Crippen LogP contribution in [0.5, 0.6) is 0 Å². The maximum absolute atomic E-state index is 14.6. The van der Waals surface area contributed by atoms with E-state index in [1.807, 2.05) is 25.1 Å². The molecular weight excluding hydrogens is 416 g/mol. The lowest BCUT2D eigenvalue weighted by molar-refractivity contribution is 0.0981. The van der Waals surface area contributed by atoms with Crippen molar-refractivity contribution in [2.45, 2.75) is 23.5 Å². The second-order valence-electron chi connectivity index (χ2n) is 6.37. The number of halogens is 3. The summed E-state index contributed by atoms with van der Waals surface area (Å²) in [4.78, 5) is 13.7. The van der Waals surface area contributed by atoms with Crippen LogP contribution in [0, 0.1) is 12.7 Å². The zero-order valence-electron chi connectivity index (χ0n) is 15.1. The number of aryl methyl sites for hydroxylation is 1. The minimum Gasteiger partial charge on any atom is -0.398 e. The van der Waals surface area contributed by atoms with E-state index in [0.717, 1.165) is 10.5 Å². The molecule has 0 radical (unpaired) electrons. The van der Waals surface area contributed by atoms with Crippen LogP contribution in [-0.2, 0) is 0 Å². The first-order valence-corrected chi connectivity index (χ1v) is 10.2. The maximum Gasteiger partial charge on any atom is 0.164 e. The summed E-state index contributed by atoms with van der Waals surface area (Å²) in [6, 6.07) is 16.9. The van der Waals surface area contributed by atoms with Gasteiger partial charge in [-0.25, -0.2) is 4.39 Å². The molecule has 0 heterocycles. The minimum atomic E-state index is -0.526. The molecule has 0 aliphatic heterocycles. The molecule has 0 bridgehead atoms. The van der Waals surface area contributed by atoms with Crippen LogP contribution in [0.3, 0.4) is 0 Å². The first-order chi connectivity index (χ1) is 13.4. The number of Topliss-reactive ketones (excluding diaryl/α,β-unsaturated/α-hetero) is 1. The van der Waals surface area contributed by atoms with Crippen LogP contribution in [-0.4, -0.2) is 5.78 Å². The predicted molar refractivity (Wildman–Crippen MR) is 116 cm³/mol. The van der Waals surface area contributed by atoms with Crippen molar-refractivity contribution in [1.82, 2.24) is 0 Å². The minimum absolute atomic E-state index is 0.0702. The van der Waals surface area contributed by atoms with Gasteiger partial charge in [-0.3, -0.25) is 4.79 Å². The Kier molecular flexibility index (Phi) is 6.65. The van der Waals surface area contributed by atoms with Crippen molar-refractivity contribution >= 4 is 46.4 Å². The summed E-state index contributed by atoms with van der Waals surface area (Å²) in [6.07, 6.45) is 0.0702. The number of carbonyl (C=O) groups is 1. The monoisotopic (exact) mass is 433 g/mol. The van der Waals surface area contributed by atoms with Crippen LogP contribution >= 0.6 is 35.0 Å². The second-order valence-corrected chi connectivity index (χ2v) is 8.43. The zero-order chi connectivity index (χ0) is 20.3. The highest BCUT2D eigenvalue weighted by Gasteiger charge is 2.25. The molecule has 0 aliphatic rings. The van der Waals surface area contributed by atoms with Crippen molar-refractivity contribution in [3.8, 4) is 0 Å². The molecule has 0 fully saturated rings. The van der Waals surface area contributed by atoms with Gasteiger partial charge in [-0.15, -0.1) is 11.8 Å². The van der Waals surface area contributed by atoms with Gasteiger partial charge in [0.2, 0.25) is 0 Å². The van der Waals surface area contributed by atoms with E-state index in [-0.39, 0.29) is 17.2 Å². The average molecular weight is 434 g/mol. The fourth-order valence-electron chi connectivity index (χ4n) is 2.87. The molecule has 0 aromatic heterocycles. The number of hydrogen-bond acceptors (Lipinski definition) is 3. The predicted octanol–water partition coefficient (Wildman–Crippen LogP) is 7.13. The van der Waals surface area contributed by atoms with Gasteiger partial charge in [0.05, 0.1) is 0 Å². The van der Waals surface area contributed by atoms with E-state index in [4.69, 9.17) is 28.9 Å². The molecule has 28 heavy (non-hydrogen) atoms. The van der Waals surface area contributed by atoms with Crippen molar-refractivity contribution in [2.75, 3.05) is 5.73 Å². The molecule has 6 heteroatoms. The van der Waals surface area contributed by atoms with Gasteiger partial charge in [0.25, 0.3) is 0 Å². The van der Waals surface area contributed by atoms with Gasteiger partial charge in [-0.05, 0) is 55.0 Å². The maximum atomic E-state index is 14.6. The van der Waals surface area contributed by atoms with Crippen LogP contribution < -0.4 is 5.73 Å². The van der Waals surface area contributed by atoms with Gasteiger partial charge in [-0.2, -0.15) is 0 Å². The Morgan fingerprint density at radius 1 is 1.07 bits per heavy atom. The first kappa shape index (κ1) is 20.7. The molecule has 0 saturated heterocycles. The number of carbonyl (C=O) groups excluding carboxylic acids is 1. The van der Waals surface area contributed by atoms with Crippen LogP contribution in [0.4, 0.5) is 10.1 Å². The number of ketones is 1. The molecule has 3 rings (SSSR count). The molecule has 0 aliphatic carbocycles. The lowest BCUT2D eigenvalue weighted by atomic mass is 10.0. The van der Waals surface area contributed by atoms with Crippen LogP contribution in [0.25, 0.3) is 0 Å². The molecule has 1 unspecified atom stereocenters. The molecule has 144 valence electrons. The first-order valence-electron chi connectivity index (χ1n) is 8.61. The summed E-state index contributed by atoms with van der Waals surface area (Å²) in [6.45, 7) is 1.84. The number of para-hydroxylation sites is 1. The van der Waals surface area contributed by atoms with Gasteiger partial charge in [0.15, 0.2) is 5.78 Å². The SMILES string of the molecule is Cc1cc(C(=O)CC(Sc2ccccc2N)c2c(F)cccc2Cl)ccc1Cl. The lowest BCUT2D eigenvalue weighted by Gasteiger charge is -2.19. The lowest BCUT2D eigenvalue weighted by Crippen LogP contribution is -2.08. The average Bonchev–Trinajstić information content (AvgIpc) is 2.65. The Labute approximate surface area is 177 Å². The molecular formula is C22H18Cl2FNOS. The molecule has 3 aromatic rings. The van der Waals surface area contributed by atoms with Gasteiger partial charge in [0, 0.05) is 43.4 Å². The Balaban J connectivity index is 1.97. The number of thioether (sulfide) groups is 1. The van der Waals surface area contributed by atoms with Gasteiger partial charge >= 0.3 is 0 Å². The van der Waals surface area contributed by atoms with Gasteiger partial charge < -0.3 is 5.73 Å². The summed E-state index contributed by atoms with van der Waals surface area (Å²) in [5.41, 5.74) is 8.27. The van der Waals surface area contributed by atoms with Gasteiger partial charge in [0.1, 0.15) is 5.82 Å². The summed E-state index contributed by atoms with van der Waals surface area (Å²) in [5.74, 6) is -0.564. The van der Waals surface area contributed by atoms with Crippen LogP contribution in [0.2, 0.25) is 10.0 Å². The molecule has 2 nitrogen and oxygen atoms in total. The van der Waals surface area contributed by atoms with E-state index in [1.54, 1.807) is 36.4 Å².